The lowest BCUT2D eigenvalue weighted by atomic mass is 10.1. The topological polar surface area (TPSA) is 49.3 Å². The lowest BCUT2D eigenvalue weighted by molar-refractivity contribution is 0.0933. The van der Waals surface area contributed by atoms with Gasteiger partial charge in [0.25, 0.3) is 5.91 Å². The molecule has 0 saturated heterocycles. The molecule has 1 atom stereocenters. The van der Waals surface area contributed by atoms with E-state index in [9.17, 15) is 4.79 Å². The maximum absolute atomic E-state index is 11.6. The molecule has 1 aromatic heterocycles. The summed E-state index contributed by atoms with van der Waals surface area (Å²) in [4.78, 5) is 12.3. The Hall–Kier alpha value is -0.870. The van der Waals surface area contributed by atoms with Gasteiger partial charge in [-0.3, -0.25) is 4.79 Å². The Kier molecular flexibility index (Phi) is 4.62. The van der Waals surface area contributed by atoms with Crippen LogP contribution in [0.5, 0.6) is 0 Å². The molecule has 0 aliphatic carbocycles. The van der Waals surface area contributed by atoms with Gasteiger partial charge in [0.15, 0.2) is 0 Å². The standard InChI is InChI=1S/C10H15NO2S/c1-2-8(5-6-12)11-10(13)9-4-3-7-14-9/h3-4,7-8,12H,2,5-6H2,1H3,(H,11,13). The molecule has 1 heterocycles. The molecule has 0 radical (unpaired) electrons. The SMILES string of the molecule is CCC(CCO)NC(=O)c1cccs1. The van der Waals surface area contributed by atoms with Gasteiger partial charge < -0.3 is 10.4 Å². The highest BCUT2D eigenvalue weighted by Gasteiger charge is 2.11. The molecule has 0 bridgehead atoms. The minimum atomic E-state index is -0.0414. The summed E-state index contributed by atoms with van der Waals surface area (Å²) < 4.78 is 0. The molecule has 4 heteroatoms. The van der Waals surface area contributed by atoms with E-state index in [1.165, 1.54) is 11.3 Å². The van der Waals surface area contributed by atoms with Gasteiger partial charge in [-0.1, -0.05) is 13.0 Å². The van der Waals surface area contributed by atoms with E-state index in [2.05, 4.69) is 5.32 Å². The molecule has 1 unspecified atom stereocenters. The second-order valence-corrected chi connectivity index (χ2v) is 4.02. The Morgan fingerprint density at radius 2 is 2.50 bits per heavy atom. The van der Waals surface area contributed by atoms with Crippen molar-refractivity contribution in [2.45, 2.75) is 25.8 Å². The molecular formula is C10H15NO2S. The molecule has 78 valence electrons. The lowest BCUT2D eigenvalue weighted by Crippen LogP contribution is -2.34. The number of aliphatic hydroxyl groups is 1. The quantitative estimate of drug-likeness (QED) is 0.781. The number of nitrogens with one attached hydrogen (secondary N) is 1. The van der Waals surface area contributed by atoms with Crippen molar-refractivity contribution in [2.24, 2.45) is 0 Å². The van der Waals surface area contributed by atoms with Crippen LogP contribution in [-0.2, 0) is 0 Å². The predicted octanol–water partition coefficient (Wildman–Crippen LogP) is 1.64. The maximum Gasteiger partial charge on any atom is 0.261 e. The molecule has 0 aliphatic rings. The summed E-state index contributed by atoms with van der Waals surface area (Å²) in [5.41, 5.74) is 0. The minimum absolute atomic E-state index is 0.0414. The summed E-state index contributed by atoms with van der Waals surface area (Å²) in [6, 6.07) is 3.73. The van der Waals surface area contributed by atoms with Gasteiger partial charge >= 0.3 is 0 Å². The van der Waals surface area contributed by atoms with Crippen molar-refractivity contribution in [3.8, 4) is 0 Å². The van der Waals surface area contributed by atoms with Crippen LogP contribution in [0.15, 0.2) is 17.5 Å². The number of thiophene rings is 1. The van der Waals surface area contributed by atoms with E-state index in [1.807, 2.05) is 18.4 Å². The molecule has 0 aromatic carbocycles. The molecule has 14 heavy (non-hydrogen) atoms. The van der Waals surface area contributed by atoms with Crippen LogP contribution in [0.4, 0.5) is 0 Å². The van der Waals surface area contributed by atoms with Crippen molar-refractivity contribution in [1.29, 1.82) is 0 Å². The second kappa shape index (κ2) is 5.78. The van der Waals surface area contributed by atoms with Crippen LogP contribution < -0.4 is 5.32 Å². The second-order valence-electron chi connectivity index (χ2n) is 3.07. The smallest absolute Gasteiger partial charge is 0.261 e. The van der Waals surface area contributed by atoms with Crippen molar-refractivity contribution >= 4 is 17.2 Å². The maximum atomic E-state index is 11.6. The van der Waals surface area contributed by atoms with Crippen molar-refractivity contribution in [2.75, 3.05) is 6.61 Å². The van der Waals surface area contributed by atoms with Gasteiger partial charge in [0.2, 0.25) is 0 Å². The first-order valence-corrected chi connectivity index (χ1v) is 5.61. The average Bonchev–Trinajstić information content (AvgIpc) is 2.69. The summed E-state index contributed by atoms with van der Waals surface area (Å²) in [6.07, 6.45) is 1.46. The van der Waals surface area contributed by atoms with Crippen LogP contribution in [0.1, 0.15) is 29.4 Å². The first-order valence-electron chi connectivity index (χ1n) is 4.73. The summed E-state index contributed by atoms with van der Waals surface area (Å²) in [7, 11) is 0. The van der Waals surface area contributed by atoms with Gasteiger partial charge in [0, 0.05) is 12.6 Å². The Balaban J connectivity index is 2.47. The van der Waals surface area contributed by atoms with E-state index in [4.69, 9.17) is 5.11 Å². The monoisotopic (exact) mass is 213 g/mol. The zero-order valence-electron chi connectivity index (χ0n) is 8.19. The van der Waals surface area contributed by atoms with Gasteiger partial charge in [0.05, 0.1) is 4.88 Å². The Labute approximate surface area is 87.8 Å². The number of aliphatic hydroxyl groups excluding tert-OH is 1. The Bertz CT molecular complexity index is 272. The van der Waals surface area contributed by atoms with Crippen LogP contribution in [0.3, 0.4) is 0 Å². The van der Waals surface area contributed by atoms with Crippen molar-refractivity contribution in [3.63, 3.8) is 0 Å². The molecule has 0 fully saturated rings. The number of carbonyl (C=O) groups is 1. The molecule has 3 nitrogen and oxygen atoms in total. The third-order valence-electron chi connectivity index (χ3n) is 2.05. The normalized spacial score (nSPS) is 12.4. The first kappa shape index (κ1) is 11.2. The highest BCUT2D eigenvalue weighted by Crippen LogP contribution is 2.09. The highest BCUT2D eigenvalue weighted by atomic mass is 32.1. The molecule has 0 saturated carbocycles. The van der Waals surface area contributed by atoms with E-state index < -0.39 is 0 Å². The molecule has 1 amide bonds. The fourth-order valence-corrected chi connectivity index (χ4v) is 1.83. The molecule has 1 aromatic rings. The van der Waals surface area contributed by atoms with Crippen LogP contribution >= 0.6 is 11.3 Å². The van der Waals surface area contributed by atoms with E-state index in [0.717, 1.165) is 11.3 Å². The molecular weight excluding hydrogens is 198 g/mol. The number of rotatable bonds is 5. The van der Waals surface area contributed by atoms with Crippen LogP contribution in [0.25, 0.3) is 0 Å². The molecule has 0 aliphatic heterocycles. The largest absolute Gasteiger partial charge is 0.396 e. The van der Waals surface area contributed by atoms with Crippen LogP contribution in [0, 0.1) is 0 Å². The highest BCUT2D eigenvalue weighted by molar-refractivity contribution is 7.12. The summed E-state index contributed by atoms with van der Waals surface area (Å²) in [5, 5.41) is 13.5. The van der Waals surface area contributed by atoms with E-state index in [-0.39, 0.29) is 18.6 Å². The van der Waals surface area contributed by atoms with E-state index in [0.29, 0.717) is 6.42 Å². The number of carbonyl (C=O) groups excluding carboxylic acids is 1. The van der Waals surface area contributed by atoms with Gasteiger partial charge in [-0.25, -0.2) is 0 Å². The number of amides is 1. The Morgan fingerprint density at radius 3 is 3.00 bits per heavy atom. The van der Waals surface area contributed by atoms with Crippen LogP contribution in [-0.4, -0.2) is 23.7 Å². The molecule has 2 N–H and O–H groups in total. The third-order valence-corrected chi connectivity index (χ3v) is 2.92. The van der Waals surface area contributed by atoms with Gasteiger partial charge in [-0.15, -0.1) is 11.3 Å². The van der Waals surface area contributed by atoms with Gasteiger partial charge in [-0.05, 0) is 24.3 Å². The average molecular weight is 213 g/mol. The zero-order valence-corrected chi connectivity index (χ0v) is 9.01. The third kappa shape index (κ3) is 3.12. The summed E-state index contributed by atoms with van der Waals surface area (Å²) in [6.45, 7) is 2.11. The molecule has 0 spiro atoms. The van der Waals surface area contributed by atoms with Crippen molar-refractivity contribution in [1.82, 2.24) is 5.32 Å². The lowest BCUT2D eigenvalue weighted by Gasteiger charge is -2.14. The number of hydrogen-bond acceptors (Lipinski definition) is 3. The number of hydrogen-bond donors (Lipinski definition) is 2. The fraction of sp³-hybridized carbons (Fsp3) is 0.500. The first-order chi connectivity index (χ1) is 6.77. The van der Waals surface area contributed by atoms with Gasteiger partial charge in [-0.2, -0.15) is 0 Å². The van der Waals surface area contributed by atoms with Crippen molar-refractivity contribution < 1.29 is 9.90 Å². The minimum Gasteiger partial charge on any atom is -0.396 e. The predicted molar refractivity (Wildman–Crippen MR) is 57.6 cm³/mol. The van der Waals surface area contributed by atoms with E-state index >= 15 is 0 Å². The van der Waals surface area contributed by atoms with Crippen molar-refractivity contribution in [3.05, 3.63) is 22.4 Å². The van der Waals surface area contributed by atoms with E-state index in [1.54, 1.807) is 6.07 Å². The van der Waals surface area contributed by atoms with Gasteiger partial charge in [0.1, 0.15) is 0 Å². The fourth-order valence-electron chi connectivity index (χ4n) is 1.20. The Morgan fingerprint density at radius 1 is 1.71 bits per heavy atom. The summed E-state index contributed by atoms with van der Waals surface area (Å²) in [5.74, 6) is -0.0414. The van der Waals surface area contributed by atoms with Crippen LogP contribution in [0.2, 0.25) is 0 Å². The molecule has 1 rings (SSSR count). The zero-order chi connectivity index (χ0) is 10.4. The summed E-state index contributed by atoms with van der Waals surface area (Å²) >= 11 is 1.43.